The van der Waals surface area contributed by atoms with Crippen molar-refractivity contribution in [2.24, 2.45) is 5.92 Å². The van der Waals surface area contributed by atoms with Crippen LogP contribution in [0.1, 0.15) is 52.9 Å². The lowest BCUT2D eigenvalue weighted by molar-refractivity contribution is 0.442. The molecule has 0 spiro atoms. The summed E-state index contributed by atoms with van der Waals surface area (Å²) in [7, 11) is 0. The highest BCUT2D eigenvalue weighted by atomic mass is 14.1. The number of hydrogen-bond acceptors (Lipinski definition) is 0. The van der Waals surface area contributed by atoms with Crippen LogP contribution >= 0.6 is 0 Å². The molecule has 0 amide bonds. The summed E-state index contributed by atoms with van der Waals surface area (Å²) in [5.74, 6) is 0.833. The van der Waals surface area contributed by atoms with Crippen LogP contribution in [0.3, 0.4) is 0 Å². The standard InChI is InChI=1S/C13H24/c1-6-7-13(10-12(4)5)9-8-11(2)3/h13H,2,4,6-10H2,1,3,5H3. The maximum atomic E-state index is 3.98. The van der Waals surface area contributed by atoms with Crippen molar-refractivity contribution < 1.29 is 0 Å². The zero-order valence-corrected chi connectivity index (χ0v) is 9.53. The zero-order valence-electron chi connectivity index (χ0n) is 9.53. The van der Waals surface area contributed by atoms with E-state index in [2.05, 4.69) is 33.9 Å². The molecule has 0 aliphatic carbocycles. The molecule has 0 aliphatic rings. The maximum absolute atomic E-state index is 3.98. The SMILES string of the molecule is C=C(C)CCC(CCC)CC(=C)C. The summed E-state index contributed by atoms with van der Waals surface area (Å²) in [6, 6.07) is 0. The highest BCUT2D eigenvalue weighted by Gasteiger charge is 2.07. The van der Waals surface area contributed by atoms with E-state index in [0.29, 0.717) is 0 Å². The molecule has 0 radical (unpaired) electrons. The third-order valence-electron chi connectivity index (χ3n) is 2.31. The third-order valence-corrected chi connectivity index (χ3v) is 2.31. The van der Waals surface area contributed by atoms with Gasteiger partial charge in [0.2, 0.25) is 0 Å². The Hall–Kier alpha value is -0.520. The van der Waals surface area contributed by atoms with Crippen molar-refractivity contribution >= 4 is 0 Å². The summed E-state index contributed by atoms with van der Waals surface area (Å²) in [6.07, 6.45) is 6.28. The number of rotatable bonds is 7. The molecule has 76 valence electrons. The van der Waals surface area contributed by atoms with Crippen molar-refractivity contribution in [1.29, 1.82) is 0 Å². The van der Waals surface area contributed by atoms with E-state index in [0.717, 1.165) is 5.92 Å². The minimum atomic E-state index is 0.833. The van der Waals surface area contributed by atoms with E-state index in [1.165, 1.54) is 43.3 Å². The van der Waals surface area contributed by atoms with Gasteiger partial charge in [-0.05, 0) is 39.0 Å². The van der Waals surface area contributed by atoms with Crippen LogP contribution in [-0.2, 0) is 0 Å². The summed E-state index contributed by atoms with van der Waals surface area (Å²) in [5, 5.41) is 0. The highest BCUT2D eigenvalue weighted by Crippen LogP contribution is 2.22. The van der Waals surface area contributed by atoms with Gasteiger partial charge in [-0.1, -0.05) is 30.9 Å². The first-order chi connectivity index (χ1) is 6.06. The summed E-state index contributed by atoms with van der Waals surface area (Å²) < 4.78 is 0. The molecule has 1 atom stereocenters. The Labute approximate surface area is 83.7 Å². The molecule has 0 saturated heterocycles. The molecule has 0 aromatic rings. The minimum Gasteiger partial charge on any atom is -0.100 e. The Morgan fingerprint density at radius 1 is 1.08 bits per heavy atom. The Morgan fingerprint density at radius 3 is 2.08 bits per heavy atom. The van der Waals surface area contributed by atoms with Crippen LogP contribution in [0.15, 0.2) is 24.3 Å². The first kappa shape index (κ1) is 12.5. The van der Waals surface area contributed by atoms with Gasteiger partial charge in [0.05, 0.1) is 0 Å². The lowest BCUT2D eigenvalue weighted by Crippen LogP contribution is -2.00. The normalized spacial score (nSPS) is 12.5. The molecule has 0 aromatic carbocycles. The predicted molar refractivity (Wildman–Crippen MR) is 61.9 cm³/mol. The van der Waals surface area contributed by atoms with Gasteiger partial charge in [-0.15, -0.1) is 13.2 Å². The fourth-order valence-electron chi connectivity index (χ4n) is 1.70. The Morgan fingerprint density at radius 2 is 1.69 bits per heavy atom. The molecule has 0 bridgehead atoms. The first-order valence-corrected chi connectivity index (χ1v) is 5.35. The molecule has 0 aromatic heterocycles. The first-order valence-electron chi connectivity index (χ1n) is 5.35. The van der Waals surface area contributed by atoms with Gasteiger partial charge < -0.3 is 0 Å². The second-order valence-electron chi connectivity index (χ2n) is 4.31. The van der Waals surface area contributed by atoms with E-state index in [1.54, 1.807) is 0 Å². The van der Waals surface area contributed by atoms with Crippen molar-refractivity contribution in [1.82, 2.24) is 0 Å². The van der Waals surface area contributed by atoms with Crippen molar-refractivity contribution in [3.63, 3.8) is 0 Å². The van der Waals surface area contributed by atoms with Crippen LogP contribution in [0.2, 0.25) is 0 Å². The molecule has 0 heteroatoms. The van der Waals surface area contributed by atoms with Gasteiger partial charge in [0.1, 0.15) is 0 Å². The smallest absolute Gasteiger partial charge is 0.0297 e. The molecular formula is C13H24. The van der Waals surface area contributed by atoms with Gasteiger partial charge in [-0.3, -0.25) is 0 Å². The van der Waals surface area contributed by atoms with Crippen molar-refractivity contribution in [3.05, 3.63) is 24.3 Å². The van der Waals surface area contributed by atoms with Crippen molar-refractivity contribution in [3.8, 4) is 0 Å². The third kappa shape index (κ3) is 7.83. The van der Waals surface area contributed by atoms with Crippen LogP contribution in [-0.4, -0.2) is 0 Å². The zero-order chi connectivity index (χ0) is 10.3. The Bertz CT molecular complexity index is 165. The van der Waals surface area contributed by atoms with Crippen LogP contribution < -0.4 is 0 Å². The molecule has 13 heavy (non-hydrogen) atoms. The topological polar surface area (TPSA) is 0 Å². The lowest BCUT2D eigenvalue weighted by Gasteiger charge is -2.15. The second kappa shape index (κ2) is 6.94. The molecular weight excluding hydrogens is 156 g/mol. The van der Waals surface area contributed by atoms with Crippen LogP contribution in [0.25, 0.3) is 0 Å². The molecule has 0 fully saturated rings. The van der Waals surface area contributed by atoms with Gasteiger partial charge in [0, 0.05) is 0 Å². The van der Waals surface area contributed by atoms with E-state index < -0.39 is 0 Å². The van der Waals surface area contributed by atoms with Gasteiger partial charge in [0.25, 0.3) is 0 Å². The molecule has 0 saturated carbocycles. The molecule has 0 rings (SSSR count). The molecule has 0 N–H and O–H groups in total. The van der Waals surface area contributed by atoms with E-state index in [-0.39, 0.29) is 0 Å². The van der Waals surface area contributed by atoms with Gasteiger partial charge >= 0.3 is 0 Å². The van der Waals surface area contributed by atoms with E-state index >= 15 is 0 Å². The molecule has 0 nitrogen and oxygen atoms in total. The van der Waals surface area contributed by atoms with E-state index in [1.807, 2.05) is 0 Å². The summed E-state index contributed by atoms with van der Waals surface area (Å²) >= 11 is 0. The number of allylic oxidation sites excluding steroid dienone is 2. The highest BCUT2D eigenvalue weighted by molar-refractivity contribution is 4.93. The maximum Gasteiger partial charge on any atom is -0.0297 e. The monoisotopic (exact) mass is 180 g/mol. The van der Waals surface area contributed by atoms with E-state index in [9.17, 15) is 0 Å². The fourth-order valence-corrected chi connectivity index (χ4v) is 1.70. The Balaban J connectivity index is 3.79. The van der Waals surface area contributed by atoms with Crippen molar-refractivity contribution in [2.45, 2.75) is 52.9 Å². The number of hydrogen-bond donors (Lipinski definition) is 0. The quantitative estimate of drug-likeness (QED) is 0.497. The van der Waals surface area contributed by atoms with Crippen LogP contribution in [0, 0.1) is 5.92 Å². The average molecular weight is 180 g/mol. The Kier molecular flexibility index (Phi) is 6.66. The van der Waals surface area contributed by atoms with Gasteiger partial charge in [-0.2, -0.15) is 0 Å². The largest absolute Gasteiger partial charge is 0.100 e. The van der Waals surface area contributed by atoms with E-state index in [4.69, 9.17) is 0 Å². The summed E-state index contributed by atoms with van der Waals surface area (Å²) in [4.78, 5) is 0. The molecule has 0 aliphatic heterocycles. The van der Waals surface area contributed by atoms with Crippen LogP contribution in [0.4, 0.5) is 0 Å². The predicted octanol–water partition coefficient (Wildman–Crippen LogP) is 4.73. The molecule has 1 unspecified atom stereocenters. The average Bonchev–Trinajstić information content (AvgIpc) is 1.99. The van der Waals surface area contributed by atoms with Gasteiger partial charge in [-0.25, -0.2) is 0 Å². The lowest BCUT2D eigenvalue weighted by atomic mass is 9.90. The van der Waals surface area contributed by atoms with Crippen LogP contribution in [0.5, 0.6) is 0 Å². The fraction of sp³-hybridized carbons (Fsp3) is 0.692. The minimum absolute atomic E-state index is 0.833. The van der Waals surface area contributed by atoms with Gasteiger partial charge in [0.15, 0.2) is 0 Å². The summed E-state index contributed by atoms with van der Waals surface area (Å²) in [6.45, 7) is 14.4. The summed E-state index contributed by atoms with van der Waals surface area (Å²) in [5.41, 5.74) is 2.63. The molecule has 0 heterocycles. The van der Waals surface area contributed by atoms with Crippen molar-refractivity contribution in [2.75, 3.05) is 0 Å². The second-order valence-corrected chi connectivity index (χ2v) is 4.31.